The largest absolute Gasteiger partial charge is 0.367 e. The summed E-state index contributed by atoms with van der Waals surface area (Å²) in [6.45, 7) is 0.552. The molecule has 3 nitrogen and oxygen atoms in total. The van der Waals surface area contributed by atoms with Gasteiger partial charge in [0.15, 0.2) is 6.29 Å². The number of likely N-dealkylation sites (N-methyl/N-ethyl adjacent to an activating group) is 1. The lowest BCUT2D eigenvalue weighted by atomic mass is 10.6. The van der Waals surface area contributed by atoms with Gasteiger partial charge in [0.05, 0.1) is 0 Å². The van der Waals surface area contributed by atoms with Gasteiger partial charge in [-0.3, -0.25) is 0 Å². The minimum atomic E-state index is -0.648. The van der Waals surface area contributed by atoms with E-state index >= 15 is 0 Å². The molecule has 1 N–H and O–H groups in total. The molecule has 0 spiro atoms. The van der Waals surface area contributed by atoms with Crippen molar-refractivity contribution >= 4 is 0 Å². The molecule has 0 amide bonds. The summed E-state index contributed by atoms with van der Waals surface area (Å²) in [5, 5.41) is 8.76. The van der Waals surface area contributed by atoms with Crippen molar-refractivity contribution in [2.45, 2.75) is 6.29 Å². The Bertz CT molecular complexity index is 56.4. The molecule has 0 aliphatic rings. The Morgan fingerprint density at radius 2 is 2.12 bits per heavy atom. The van der Waals surface area contributed by atoms with Gasteiger partial charge in [0.25, 0.3) is 0 Å². The minimum Gasteiger partial charge on any atom is -0.367 e. The van der Waals surface area contributed by atoms with Gasteiger partial charge in [-0.1, -0.05) is 0 Å². The van der Waals surface area contributed by atoms with Crippen molar-refractivity contribution in [1.29, 1.82) is 0 Å². The first-order valence-corrected chi connectivity index (χ1v) is 2.52. The molecular formula is C5H13NO2. The first kappa shape index (κ1) is 7.88. The molecule has 0 saturated carbocycles. The van der Waals surface area contributed by atoms with Crippen molar-refractivity contribution in [2.24, 2.45) is 0 Å². The third-order valence-corrected chi connectivity index (χ3v) is 0.793. The standard InChI is InChI=1S/C5H13NO2/c1-6(2)4-5(7)8-3/h5,7H,4H2,1-3H3. The van der Waals surface area contributed by atoms with E-state index in [1.165, 1.54) is 7.11 Å². The van der Waals surface area contributed by atoms with Gasteiger partial charge in [0, 0.05) is 13.7 Å². The van der Waals surface area contributed by atoms with Gasteiger partial charge in [0.2, 0.25) is 0 Å². The quantitative estimate of drug-likeness (QED) is 0.509. The molecule has 0 heterocycles. The third-order valence-electron chi connectivity index (χ3n) is 0.793. The highest BCUT2D eigenvalue weighted by Crippen LogP contribution is 1.83. The van der Waals surface area contributed by atoms with Gasteiger partial charge >= 0.3 is 0 Å². The monoisotopic (exact) mass is 119 g/mol. The zero-order valence-corrected chi connectivity index (χ0v) is 5.59. The average Bonchev–Trinajstić information content (AvgIpc) is 1.65. The first-order chi connectivity index (χ1) is 3.66. The molecule has 0 rings (SSSR count). The van der Waals surface area contributed by atoms with Gasteiger partial charge < -0.3 is 14.7 Å². The van der Waals surface area contributed by atoms with Crippen LogP contribution >= 0.6 is 0 Å². The number of ether oxygens (including phenoxy) is 1. The van der Waals surface area contributed by atoms with Crippen LogP contribution < -0.4 is 0 Å². The summed E-state index contributed by atoms with van der Waals surface area (Å²) in [6.07, 6.45) is -0.648. The summed E-state index contributed by atoms with van der Waals surface area (Å²) >= 11 is 0. The fraction of sp³-hybridized carbons (Fsp3) is 1.00. The van der Waals surface area contributed by atoms with E-state index in [0.717, 1.165) is 0 Å². The Hall–Kier alpha value is -0.120. The van der Waals surface area contributed by atoms with Gasteiger partial charge in [-0.25, -0.2) is 0 Å². The van der Waals surface area contributed by atoms with E-state index in [0.29, 0.717) is 6.54 Å². The Morgan fingerprint density at radius 3 is 2.25 bits per heavy atom. The molecule has 0 aromatic heterocycles. The highest BCUT2D eigenvalue weighted by atomic mass is 16.6. The zero-order chi connectivity index (χ0) is 6.57. The number of methoxy groups -OCH3 is 1. The van der Waals surface area contributed by atoms with E-state index < -0.39 is 6.29 Å². The second-order valence-corrected chi connectivity index (χ2v) is 1.95. The van der Waals surface area contributed by atoms with Crippen LogP contribution in [0.1, 0.15) is 0 Å². The van der Waals surface area contributed by atoms with Crippen LogP contribution in [-0.4, -0.2) is 44.0 Å². The Balaban J connectivity index is 3.10. The molecule has 0 saturated heterocycles. The van der Waals surface area contributed by atoms with Crippen LogP contribution in [0, 0.1) is 0 Å². The van der Waals surface area contributed by atoms with Crippen LogP contribution in [0.3, 0.4) is 0 Å². The molecule has 50 valence electrons. The fourth-order valence-corrected chi connectivity index (χ4v) is 0.387. The van der Waals surface area contributed by atoms with E-state index in [1.807, 2.05) is 19.0 Å². The predicted octanol–water partition coefficient (Wildman–Crippen LogP) is -0.487. The fourth-order valence-electron chi connectivity index (χ4n) is 0.387. The molecule has 0 aromatic carbocycles. The second kappa shape index (κ2) is 3.83. The van der Waals surface area contributed by atoms with E-state index in [9.17, 15) is 0 Å². The number of hydrogen-bond acceptors (Lipinski definition) is 3. The van der Waals surface area contributed by atoms with Crippen LogP contribution in [0.4, 0.5) is 0 Å². The minimum absolute atomic E-state index is 0.552. The number of aliphatic hydroxyl groups is 1. The van der Waals surface area contributed by atoms with E-state index in [2.05, 4.69) is 4.74 Å². The smallest absolute Gasteiger partial charge is 0.166 e. The van der Waals surface area contributed by atoms with Crippen molar-refractivity contribution < 1.29 is 9.84 Å². The van der Waals surface area contributed by atoms with E-state index in [-0.39, 0.29) is 0 Å². The summed E-state index contributed by atoms with van der Waals surface area (Å²) in [6, 6.07) is 0. The van der Waals surface area contributed by atoms with Crippen LogP contribution in [-0.2, 0) is 4.74 Å². The van der Waals surface area contributed by atoms with Crippen LogP contribution in [0.2, 0.25) is 0 Å². The van der Waals surface area contributed by atoms with E-state index in [4.69, 9.17) is 5.11 Å². The lowest BCUT2D eigenvalue weighted by molar-refractivity contribution is -0.0846. The molecule has 1 unspecified atom stereocenters. The average molecular weight is 119 g/mol. The maximum absolute atomic E-state index is 8.76. The van der Waals surface area contributed by atoms with E-state index in [1.54, 1.807) is 0 Å². The molecule has 1 atom stereocenters. The summed E-state index contributed by atoms with van der Waals surface area (Å²) in [4.78, 5) is 1.86. The van der Waals surface area contributed by atoms with Crippen LogP contribution in [0.25, 0.3) is 0 Å². The molecule has 0 aromatic rings. The maximum atomic E-state index is 8.76. The SMILES string of the molecule is COC(O)CN(C)C. The van der Waals surface area contributed by atoms with Crippen molar-refractivity contribution in [2.75, 3.05) is 27.7 Å². The second-order valence-electron chi connectivity index (χ2n) is 1.95. The molecule has 0 bridgehead atoms. The molecule has 8 heavy (non-hydrogen) atoms. The molecule has 3 heteroatoms. The number of rotatable bonds is 3. The summed E-state index contributed by atoms with van der Waals surface area (Å²) in [5.41, 5.74) is 0. The van der Waals surface area contributed by atoms with Crippen LogP contribution in [0.5, 0.6) is 0 Å². The van der Waals surface area contributed by atoms with Crippen molar-refractivity contribution in [3.8, 4) is 0 Å². The Morgan fingerprint density at radius 1 is 1.62 bits per heavy atom. The van der Waals surface area contributed by atoms with Gasteiger partial charge in [0.1, 0.15) is 0 Å². The third kappa shape index (κ3) is 4.05. The lowest BCUT2D eigenvalue weighted by Crippen LogP contribution is -2.26. The Labute approximate surface area is 49.9 Å². The Kier molecular flexibility index (Phi) is 3.77. The molecule has 0 aliphatic carbocycles. The molecule has 0 aliphatic heterocycles. The first-order valence-electron chi connectivity index (χ1n) is 2.52. The number of nitrogens with zero attached hydrogens (tertiary/aromatic N) is 1. The predicted molar refractivity (Wildman–Crippen MR) is 31.6 cm³/mol. The number of aliphatic hydroxyl groups excluding tert-OH is 1. The molecule has 0 fully saturated rings. The van der Waals surface area contributed by atoms with Crippen molar-refractivity contribution in [1.82, 2.24) is 4.90 Å². The number of hydrogen-bond donors (Lipinski definition) is 1. The van der Waals surface area contributed by atoms with Crippen molar-refractivity contribution in [3.05, 3.63) is 0 Å². The highest BCUT2D eigenvalue weighted by molar-refractivity contribution is 4.43. The summed E-state index contributed by atoms with van der Waals surface area (Å²) < 4.78 is 4.57. The lowest BCUT2D eigenvalue weighted by Gasteiger charge is -2.13. The summed E-state index contributed by atoms with van der Waals surface area (Å²) in [7, 11) is 5.23. The molecular weight excluding hydrogens is 106 g/mol. The maximum Gasteiger partial charge on any atom is 0.166 e. The van der Waals surface area contributed by atoms with Gasteiger partial charge in [-0.2, -0.15) is 0 Å². The van der Waals surface area contributed by atoms with Crippen LogP contribution in [0.15, 0.2) is 0 Å². The molecule has 0 radical (unpaired) electrons. The van der Waals surface area contributed by atoms with Crippen molar-refractivity contribution in [3.63, 3.8) is 0 Å². The van der Waals surface area contributed by atoms with Gasteiger partial charge in [-0.05, 0) is 14.1 Å². The normalized spacial score (nSPS) is 14.6. The highest BCUT2D eigenvalue weighted by Gasteiger charge is 1.99. The van der Waals surface area contributed by atoms with Gasteiger partial charge in [-0.15, -0.1) is 0 Å². The zero-order valence-electron chi connectivity index (χ0n) is 5.59. The topological polar surface area (TPSA) is 32.7 Å². The summed E-state index contributed by atoms with van der Waals surface area (Å²) in [5.74, 6) is 0.